The van der Waals surface area contributed by atoms with Gasteiger partial charge in [0.1, 0.15) is 37.1 Å². The Morgan fingerprint density at radius 1 is 0.810 bits per heavy atom. The molecule has 2 heterocycles. The lowest BCUT2D eigenvalue weighted by Gasteiger charge is -2.45. The molecule has 0 amide bonds. The van der Waals surface area contributed by atoms with Crippen molar-refractivity contribution >= 4 is 11.9 Å². The number of unbranched alkanes of at least 4 members (excludes halogenated alkanes) is 8. The third-order valence-electron chi connectivity index (χ3n) is 7.43. The summed E-state index contributed by atoms with van der Waals surface area (Å²) in [5.41, 5.74) is 0.595. The van der Waals surface area contributed by atoms with Gasteiger partial charge in [-0.2, -0.15) is 0 Å². The topological polar surface area (TPSA) is 202 Å². The highest BCUT2D eigenvalue weighted by atomic mass is 16.8. The van der Waals surface area contributed by atoms with Crippen LogP contribution < -0.4 is 0 Å². The van der Waals surface area contributed by atoms with Crippen LogP contribution in [0.15, 0.2) is 11.6 Å². The molecular formula is C29H50O13. The molecule has 0 spiro atoms. The zero-order valence-corrected chi connectivity index (χ0v) is 24.9. The Hall–Kier alpha value is -1.68. The minimum atomic E-state index is -2.34. The summed E-state index contributed by atoms with van der Waals surface area (Å²) in [5.74, 6) is -3.89. The number of carbonyl (C=O) groups is 2. The van der Waals surface area contributed by atoms with Gasteiger partial charge in [0.25, 0.3) is 0 Å². The first-order valence-corrected chi connectivity index (χ1v) is 15.0. The fraction of sp³-hybridized carbons (Fsp3) is 0.862. The second-order valence-corrected chi connectivity index (χ2v) is 11.2. The summed E-state index contributed by atoms with van der Waals surface area (Å²) in [7, 11) is 0. The van der Waals surface area contributed by atoms with Gasteiger partial charge >= 0.3 is 11.9 Å². The number of rotatable bonds is 18. The Balaban J connectivity index is 2.19. The average Bonchev–Trinajstić information content (AvgIpc) is 3.19. The molecule has 0 aromatic heterocycles. The Morgan fingerprint density at radius 3 is 1.93 bits per heavy atom. The van der Waals surface area contributed by atoms with Crippen LogP contribution in [0.4, 0.5) is 0 Å². The van der Waals surface area contributed by atoms with Crippen molar-refractivity contribution in [2.75, 3.05) is 19.8 Å². The van der Waals surface area contributed by atoms with E-state index in [4.69, 9.17) is 23.7 Å². The number of esters is 2. The summed E-state index contributed by atoms with van der Waals surface area (Å²) in [6.45, 7) is 2.98. The molecule has 0 aromatic rings. The molecule has 9 atom stereocenters. The molecule has 2 aliphatic heterocycles. The highest BCUT2D eigenvalue weighted by Crippen LogP contribution is 2.37. The van der Waals surface area contributed by atoms with Crippen molar-refractivity contribution in [2.24, 2.45) is 0 Å². The Kier molecular flexibility index (Phi) is 15.8. The van der Waals surface area contributed by atoms with Crippen molar-refractivity contribution in [3.05, 3.63) is 11.6 Å². The highest BCUT2D eigenvalue weighted by Gasteiger charge is 2.59. The molecule has 0 aromatic carbocycles. The molecule has 0 radical (unpaired) electrons. The first-order valence-electron chi connectivity index (χ1n) is 15.0. The van der Waals surface area contributed by atoms with E-state index in [-0.39, 0.29) is 6.42 Å². The molecule has 42 heavy (non-hydrogen) atoms. The molecule has 0 aliphatic carbocycles. The van der Waals surface area contributed by atoms with Crippen LogP contribution in [0.25, 0.3) is 0 Å². The van der Waals surface area contributed by atoms with Gasteiger partial charge in [-0.25, -0.2) is 4.79 Å². The summed E-state index contributed by atoms with van der Waals surface area (Å²) in [5, 5.41) is 61.2. The second-order valence-electron chi connectivity index (χ2n) is 11.2. The molecule has 13 nitrogen and oxygen atoms in total. The van der Waals surface area contributed by atoms with Gasteiger partial charge in [0.15, 0.2) is 12.2 Å². The number of aliphatic hydroxyl groups excluding tert-OH is 6. The number of allylic oxidation sites excluding steroid dienone is 1. The number of hydrogen-bond acceptors (Lipinski definition) is 13. The van der Waals surface area contributed by atoms with Gasteiger partial charge in [0.05, 0.1) is 13.2 Å². The summed E-state index contributed by atoms with van der Waals surface area (Å²) >= 11 is 0. The molecular weight excluding hydrogens is 556 g/mol. The summed E-state index contributed by atoms with van der Waals surface area (Å²) < 4.78 is 27.9. The number of hydrogen-bond donors (Lipinski definition) is 6. The van der Waals surface area contributed by atoms with E-state index in [1.165, 1.54) is 25.7 Å². The Morgan fingerprint density at radius 2 is 1.40 bits per heavy atom. The van der Waals surface area contributed by atoms with E-state index in [0.717, 1.165) is 31.8 Å². The van der Waals surface area contributed by atoms with Crippen molar-refractivity contribution in [1.82, 2.24) is 0 Å². The van der Waals surface area contributed by atoms with Gasteiger partial charge < -0.3 is 54.3 Å². The van der Waals surface area contributed by atoms with E-state index in [0.29, 0.717) is 12.0 Å². The maximum atomic E-state index is 12.9. The molecule has 2 saturated heterocycles. The van der Waals surface area contributed by atoms with E-state index in [1.807, 2.05) is 0 Å². The van der Waals surface area contributed by atoms with Crippen LogP contribution in [-0.4, -0.2) is 117 Å². The maximum absolute atomic E-state index is 12.9. The van der Waals surface area contributed by atoms with Crippen molar-refractivity contribution in [3.63, 3.8) is 0 Å². The SMILES string of the molecule is CCCCCCCCCCCC(=O)OC1C(OC2(CO)OC(CO)C(O)C2O)OC(CO)C(O)C1OC(=O)C=C(C)C. The highest BCUT2D eigenvalue weighted by molar-refractivity contribution is 5.82. The van der Waals surface area contributed by atoms with E-state index in [2.05, 4.69) is 6.92 Å². The van der Waals surface area contributed by atoms with Crippen molar-refractivity contribution in [3.8, 4) is 0 Å². The zero-order chi connectivity index (χ0) is 31.3. The molecule has 6 N–H and O–H groups in total. The number of carbonyl (C=O) groups excluding carboxylic acids is 2. The van der Waals surface area contributed by atoms with Gasteiger partial charge in [-0.15, -0.1) is 0 Å². The first kappa shape index (κ1) is 36.5. The molecule has 0 bridgehead atoms. The smallest absolute Gasteiger partial charge is 0.331 e. The lowest BCUT2D eigenvalue weighted by Crippen LogP contribution is -2.64. The van der Waals surface area contributed by atoms with E-state index >= 15 is 0 Å². The fourth-order valence-corrected chi connectivity index (χ4v) is 5.06. The molecule has 2 fully saturated rings. The van der Waals surface area contributed by atoms with Crippen LogP contribution in [0.2, 0.25) is 0 Å². The normalized spacial score (nSPS) is 32.9. The molecule has 9 unspecified atom stereocenters. The largest absolute Gasteiger partial charge is 0.453 e. The van der Waals surface area contributed by atoms with E-state index < -0.39 is 86.6 Å². The average molecular weight is 607 g/mol. The molecule has 13 heteroatoms. The fourth-order valence-electron chi connectivity index (χ4n) is 5.06. The lowest BCUT2D eigenvalue weighted by atomic mass is 9.98. The quantitative estimate of drug-likeness (QED) is 0.0720. The first-order chi connectivity index (χ1) is 20.0. The summed E-state index contributed by atoms with van der Waals surface area (Å²) in [6, 6.07) is 0. The van der Waals surface area contributed by atoms with Crippen LogP contribution in [-0.2, 0) is 33.3 Å². The van der Waals surface area contributed by atoms with E-state index in [1.54, 1.807) is 13.8 Å². The van der Waals surface area contributed by atoms with Gasteiger partial charge in [-0.1, -0.05) is 63.9 Å². The predicted octanol–water partition coefficient (Wildman–Crippen LogP) is 0.593. The summed E-state index contributed by atoms with van der Waals surface area (Å²) in [6.07, 6.45) is -2.33. The standard InChI is InChI=1S/C29H50O13/c1-4-5-6-7-8-9-10-11-12-13-21(33)39-26-25(40-22(34)14-18(2)3)23(35)19(15-30)38-28(26)42-29(17-32)27(37)24(36)20(16-31)41-29/h14,19-20,23-28,30-32,35-37H,4-13,15-17H2,1-3H3. The minimum Gasteiger partial charge on any atom is -0.453 e. The van der Waals surface area contributed by atoms with Crippen LogP contribution >= 0.6 is 0 Å². The van der Waals surface area contributed by atoms with Crippen LogP contribution in [0.5, 0.6) is 0 Å². The lowest BCUT2D eigenvalue weighted by molar-refractivity contribution is -0.384. The van der Waals surface area contributed by atoms with Gasteiger partial charge in [0.2, 0.25) is 12.1 Å². The minimum absolute atomic E-state index is 0.0167. The van der Waals surface area contributed by atoms with Crippen molar-refractivity contribution in [1.29, 1.82) is 0 Å². The molecule has 2 rings (SSSR count). The zero-order valence-electron chi connectivity index (χ0n) is 24.9. The van der Waals surface area contributed by atoms with Gasteiger partial charge in [-0.05, 0) is 20.3 Å². The van der Waals surface area contributed by atoms with Gasteiger partial charge in [0, 0.05) is 12.5 Å². The van der Waals surface area contributed by atoms with Crippen molar-refractivity contribution < 1.29 is 63.9 Å². The number of aliphatic hydroxyl groups is 6. The van der Waals surface area contributed by atoms with Crippen LogP contribution in [0.3, 0.4) is 0 Å². The van der Waals surface area contributed by atoms with Crippen molar-refractivity contribution in [2.45, 2.75) is 140 Å². The van der Waals surface area contributed by atoms with E-state index in [9.17, 15) is 40.2 Å². The molecule has 2 aliphatic rings. The van der Waals surface area contributed by atoms with Crippen LogP contribution in [0, 0.1) is 0 Å². The van der Waals surface area contributed by atoms with Crippen LogP contribution in [0.1, 0.15) is 85.0 Å². The molecule has 0 saturated carbocycles. The number of ether oxygens (including phenoxy) is 5. The summed E-state index contributed by atoms with van der Waals surface area (Å²) in [4.78, 5) is 25.4. The monoisotopic (exact) mass is 606 g/mol. The third kappa shape index (κ3) is 10.2. The second kappa shape index (κ2) is 18.2. The Labute approximate surface area is 247 Å². The third-order valence-corrected chi connectivity index (χ3v) is 7.43. The molecule has 244 valence electrons. The Bertz CT molecular complexity index is 847. The maximum Gasteiger partial charge on any atom is 0.331 e. The predicted molar refractivity (Wildman–Crippen MR) is 148 cm³/mol. The van der Waals surface area contributed by atoms with Gasteiger partial charge in [-0.3, -0.25) is 4.79 Å².